The SMILES string of the molecule is CCN(C)/C=N\c1cc(C)c(C2CC(c3ccc(Cl)cc3F)=NO2)cc1Cl. The lowest BCUT2D eigenvalue weighted by Gasteiger charge is -2.14. The van der Waals surface area contributed by atoms with Crippen molar-refractivity contribution in [2.24, 2.45) is 10.1 Å². The summed E-state index contributed by atoms with van der Waals surface area (Å²) in [6, 6.07) is 8.29. The topological polar surface area (TPSA) is 37.2 Å². The molecule has 2 aromatic rings. The van der Waals surface area contributed by atoms with Gasteiger partial charge < -0.3 is 9.74 Å². The maximum Gasteiger partial charge on any atom is 0.158 e. The Morgan fingerprint density at radius 1 is 1.33 bits per heavy atom. The van der Waals surface area contributed by atoms with Crippen molar-refractivity contribution >= 4 is 40.9 Å². The third kappa shape index (κ3) is 4.42. The molecule has 1 aliphatic heterocycles. The van der Waals surface area contributed by atoms with E-state index < -0.39 is 5.82 Å². The largest absolute Gasteiger partial charge is 0.387 e. The van der Waals surface area contributed by atoms with Gasteiger partial charge in [0.25, 0.3) is 0 Å². The van der Waals surface area contributed by atoms with Crippen LogP contribution in [0.3, 0.4) is 0 Å². The quantitative estimate of drug-likeness (QED) is 0.455. The number of halogens is 3. The zero-order valence-corrected chi connectivity index (χ0v) is 16.9. The number of benzene rings is 2. The van der Waals surface area contributed by atoms with Crippen LogP contribution in [0.4, 0.5) is 10.1 Å². The molecule has 3 rings (SSSR count). The lowest BCUT2D eigenvalue weighted by atomic mass is 9.96. The van der Waals surface area contributed by atoms with Gasteiger partial charge >= 0.3 is 0 Å². The minimum absolute atomic E-state index is 0.316. The van der Waals surface area contributed by atoms with Gasteiger partial charge in [-0.1, -0.05) is 28.4 Å². The molecule has 0 spiro atoms. The number of hydrogen-bond donors (Lipinski definition) is 0. The van der Waals surface area contributed by atoms with E-state index in [1.54, 1.807) is 18.5 Å². The monoisotopic (exact) mass is 407 g/mol. The molecule has 0 amide bonds. The van der Waals surface area contributed by atoms with E-state index in [0.717, 1.165) is 17.7 Å². The summed E-state index contributed by atoms with van der Waals surface area (Å²) in [4.78, 5) is 11.9. The van der Waals surface area contributed by atoms with Crippen molar-refractivity contribution in [3.8, 4) is 0 Å². The molecule has 7 heteroatoms. The number of aryl methyl sites for hydroxylation is 1. The van der Waals surface area contributed by atoms with Crippen LogP contribution >= 0.6 is 23.2 Å². The molecule has 0 saturated carbocycles. The van der Waals surface area contributed by atoms with Gasteiger partial charge in [-0.05, 0) is 55.3 Å². The van der Waals surface area contributed by atoms with Crippen LogP contribution in [0.2, 0.25) is 10.0 Å². The van der Waals surface area contributed by atoms with Crippen molar-refractivity contribution in [3.63, 3.8) is 0 Å². The van der Waals surface area contributed by atoms with Crippen LogP contribution in [0, 0.1) is 12.7 Å². The van der Waals surface area contributed by atoms with Crippen molar-refractivity contribution < 1.29 is 9.23 Å². The van der Waals surface area contributed by atoms with Crippen molar-refractivity contribution in [2.75, 3.05) is 13.6 Å². The third-order valence-electron chi connectivity index (χ3n) is 4.49. The second-order valence-corrected chi connectivity index (χ2v) is 7.28. The molecule has 1 heterocycles. The second kappa shape index (κ2) is 8.28. The van der Waals surface area contributed by atoms with Gasteiger partial charge in [0.1, 0.15) is 5.82 Å². The Morgan fingerprint density at radius 3 is 2.81 bits per heavy atom. The number of nitrogens with zero attached hydrogens (tertiary/aromatic N) is 3. The summed E-state index contributed by atoms with van der Waals surface area (Å²) in [6.45, 7) is 4.87. The smallest absolute Gasteiger partial charge is 0.158 e. The fraction of sp³-hybridized carbons (Fsp3) is 0.300. The first kappa shape index (κ1) is 19.6. The molecule has 2 aromatic carbocycles. The highest BCUT2D eigenvalue weighted by Gasteiger charge is 2.27. The van der Waals surface area contributed by atoms with Gasteiger partial charge in [-0.2, -0.15) is 0 Å². The van der Waals surface area contributed by atoms with Crippen LogP contribution in [0.25, 0.3) is 0 Å². The van der Waals surface area contributed by atoms with Gasteiger partial charge in [-0.3, -0.25) is 0 Å². The van der Waals surface area contributed by atoms with Crippen LogP contribution in [-0.2, 0) is 4.84 Å². The Bertz CT molecular complexity index is 914. The molecule has 0 saturated heterocycles. The molecule has 0 fully saturated rings. The fourth-order valence-electron chi connectivity index (χ4n) is 2.80. The molecular formula is C20H20Cl2FN3O. The Hall–Kier alpha value is -2.11. The summed E-state index contributed by atoms with van der Waals surface area (Å²) >= 11 is 12.2. The molecule has 1 aliphatic rings. The highest BCUT2D eigenvalue weighted by atomic mass is 35.5. The molecule has 142 valence electrons. The van der Waals surface area contributed by atoms with Gasteiger partial charge in [0.15, 0.2) is 6.10 Å². The standard InChI is InChI=1S/C20H20Cl2FN3O/c1-4-26(3)11-24-19-7-12(2)15(9-16(19)22)20-10-18(25-27-20)14-6-5-13(21)8-17(14)23/h5-9,11,20H,4,10H2,1-3H3/b24-11-. The molecular weight excluding hydrogens is 388 g/mol. The Morgan fingerprint density at radius 2 is 2.11 bits per heavy atom. The molecule has 4 nitrogen and oxygen atoms in total. The summed E-state index contributed by atoms with van der Waals surface area (Å²) in [5.74, 6) is -0.412. The predicted molar refractivity (Wildman–Crippen MR) is 109 cm³/mol. The van der Waals surface area contributed by atoms with E-state index in [2.05, 4.69) is 10.1 Å². The van der Waals surface area contributed by atoms with E-state index in [1.807, 2.05) is 37.9 Å². The predicted octanol–water partition coefficient (Wildman–Crippen LogP) is 5.92. The Kier molecular flexibility index (Phi) is 6.02. The van der Waals surface area contributed by atoms with Crippen LogP contribution in [0.15, 0.2) is 40.5 Å². The van der Waals surface area contributed by atoms with E-state index in [9.17, 15) is 4.39 Å². The average molecular weight is 408 g/mol. The summed E-state index contributed by atoms with van der Waals surface area (Å²) in [5, 5.41) is 4.95. The van der Waals surface area contributed by atoms with Crippen LogP contribution in [0.1, 0.15) is 36.1 Å². The maximum absolute atomic E-state index is 14.1. The lowest BCUT2D eigenvalue weighted by Crippen LogP contribution is -2.14. The van der Waals surface area contributed by atoms with E-state index in [0.29, 0.717) is 33.4 Å². The summed E-state index contributed by atoms with van der Waals surface area (Å²) in [7, 11) is 1.94. The van der Waals surface area contributed by atoms with Gasteiger partial charge in [0.2, 0.25) is 0 Å². The molecule has 0 bridgehead atoms. The average Bonchev–Trinajstić information content (AvgIpc) is 3.11. The molecule has 0 aromatic heterocycles. The minimum atomic E-state index is -0.412. The van der Waals surface area contributed by atoms with Crippen molar-refractivity contribution in [1.29, 1.82) is 0 Å². The molecule has 27 heavy (non-hydrogen) atoms. The molecule has 1 unspecified atom stereocenters. The van der Waals surface area contributed by atoms with Crippen molar-refractivity contribution in [2.45, 2.75) is 26.4 Å². The highest BCUT2D eigenvalue weighted by Crippen LogP contribution is 2.37. The van der Waals surface area contributed by atoms with Crippen LogP contribution in [-0.4, -0.2) is 30.5 Å². The maximum atomic E-state index is 14.1. The summed E-state index contributed by atoms with van der Waals surface area (Å²) in [5.41, 5.74) is 3.55. The van der Waals surface area contributed by atoms with E-state index in [-0.39, 0.29) is 6.10 Å². The van der Waals surface area contributed by atoms with E-state index >= 15 is 0 Å². The van der Waals surface area contributed by atoms with Gasteiger partial charge in [-0.25, -0.2) is 9.38 Å². The number of aliphatic imine (C=N–C) groups is 1. The first-order chi connectivity index (χ1) is 12.9. The fourth-order valence-corrected chi connectivity index (χ4v) is 3.18. The zero-order valence-electron chi connectivity index (χ0n) is 15.3. The Labute approximate surface area is 168 Å². The van der Waals surface area contributed by atoms with Gasteiger partial charge in [-0.15, -0.1) is 0 Å². The third-order valence-corrected chi connectivity index (χ3v) is 5.02. The molecule has 0 N–H and O–H groups in total. The Balaban J connectivity index is 1.80. The lowest BCUT2D eigenvalue weighted by molar-refractivity contribution is 0.0853. The number of rotatable bonds is 5. The number of hydrogen-bond acceptors (Lipinski definition) is 3. The highest BCUT2D eigenvalue weighted by molar-refractivity contribution is 6.33. The molecule has 0 radical (unpaired) electrons. The first-order valence-corrected chi connectivity index (χ1v) is 9.37. The molecule has 0 aliphatic carbocycles. The van der Waals surface area contributed by atoms with Gasteiger partial charge in [0, 0.05) is 30.6 Å². The second-order valence-electron chi connectivity index (χ2n) is 6.44. The van der Waals surface area contributed by atoms with E-state index in [1.165, 1.54) is 6.07 Å². The molecule has 1 atom stereocenters. The minimum Gasteiger partial charge on any atom is -0.387 e. The zero-order chi connectivity index (χ0) is 19.6. The number of oxime groups is 1. The normalized spacial score (nSPS) is 16.5. The first-order valence-electron chi connectivity index (χ1n) is 8.61. The summed E-state index contributed by atoms with van der Waals surface area (Å²) in [6.07, 6.45) is 1.89. The van der Waals surface area contributed by atoms with E-state index in [4.69, 9.17) is 28.0 Å². The van der Waals surface area contributed by atoms with Crippen LogP contribution in [0.5, 0.6) is 0 Å². The van der Waals surface area contributed by atoms with Gasteiger partial charge in [0.05, 0.1) is 22.8 Å². The summed E-state index contributed by atoms with van der Waals surface area (Å²) < 4.78 is 14.1. The van der Waals surface area contributed by atoms with Crippen LogP contribution < -0.4 is 0 Å². The van der Waals surface area contributed by atoms with Crippen molar-refractivity contribution in [1.82, 2.24) is 4.90 Å². The van der Waals surface area contributed by atoms with Crippen molar-refractivity contribution in [3.05, 3.63) is 62.9 Å².